The maximum Gasteiger partial charge on any atom is 0.319 e. The lowest BCUT2D eigenvalue weighted by atomic mass is 10.3. The zero-order valence-corrected chi connectivity index (χ0v) is 10.7. The first kappa shape index (κ1) is 15.5. The van der Waals surface area contributed by atoms with Gasteiger partial charge in [-0.3, -0.25) is 9.59 Å². The third kappa shape index (κ3) is 6.19. The summed E-state index contributed by atoms with van der Waals surface area (Å²) in [4.78, 5) is 22.3. The van der Waals surface area contributed by atoms with E-state index < -0.39 is 23.3 Å². The molecule has 94 valence electrons. The standard InChI is InChI=1S/C9H15ClO5S/c1-14-8(12)3-7(9(13)15-2)16-5-6(11)4-10/h6-7,11H,3-5H2,1-2H3. The van der Waals surface area contributed by atoms with Crippen LogP contribution in [0, 0.1) is 0 Å². The molecule has 0 aliphatic carbocycles. The Hall–Kier alpha value is -0.460. The number of ether oxygens (including phenoxy) is 2. The summed E-state index contributed by atoms with van der Waals surface area (Å²) in [6, 6.07) is 0. The quantitative estimate of drug-likeness (QED) is 0.534. The number of hydrogen-bond donors (Lipinski definition) is 1. The average molecular weight is 271 g/mol. The second kappa shape index (κ2) is 8.66. The first-order valence-corrected chi connectivity index (χ1v) is 6.13. The van der Waals surface area contributed by atoms with Gasteiger partial charge in [0.15, 0.2) is 0 Å². The third-order valence-corrected chi connectivity index (χ3v) is 3.41. The minimum atomic E-state index is -0.712. The number of rotatable bonds is 7. The molecule has 0 aromatic carbocycles. The van der Waals surface area contributed by atoms with Crippen molar-refractivity contribution in [2.24, 2.45) is 0 Å². The molecule has 0 spiro atoms. The van der Waals surface area contributed by atoms with Crippen molar-refractivity contribution >= 4 is 35.3 Å². The summed E-state index contributed by atoms with van der Waals surface area (Å²) in [6.07, 6.45) is -0.792. The van der Waals surface area contributed by atoms with Crippen molar-refractivity contribution in [2.75, 3.05) is 25.9 Å². The van der Waals surface area contributed by atoms with Gasteiger partial charge in [-0.2, -0.15) is 0 Å². The van der Waals surface area contributed by atoms with Crippen LogP contribution in [-0.4, -0.2) is 54.3 Å². The van der Waals surface area contributed by atoms with Crippen LogP contribution in [0.5, 0.6) is 0 Å². The van der Waals surface area contributed by atoms with Gasteiger partial charge < -0.3 is 14.6 Å². The predicted octanol–water partition coefficient (Wildman–Crippen LogP) is 0.424. The van der Waals surface area contributed by atoms with Crippen LogP contribution in [0.4, 0.5) is 0 Å². The molecular weight excluding hydrogens is 256 g/mol. The van der Waals surface area contributed by atoms with Gasteiger partial charge >= 0.3 is 11.9 Å². The fraction of sp³-hybridized carbons (Fsp3) is 0.778. The second-order valence-corrected chi connectivity index (χ2v) is 4.48. The number of alkyl halides is 1. The van der Waals surface area contributed by atoms with Crippen molar-refractivity contribution in [1.29, 1.82) is 0 Å². The highest BCUT2D eigenvalue weighted by Crippen LogP contribution is 2.18. The molecule has 2 unspecified atom stereocenters. The van der Waals surface area contributed by atoms with E-state index in [4.69, 9.17) is 11.6 Å². The molecule has 7 heteroatoms. The number of carbonyl (C=O) groups excluding carboxylic acids is 2. The van der Waals surface area contributed by atoms with Crippen LogP contribution in [0.25, 0.3) is 0 Å². The van der Waals surface area contributed by atoms with Crippen LogP contribution in [0.3, 0.4) is 0 Å². The Morgan fingerprint density at radius 2 is 2.00 bits per heavy atom. The summed E-state index contributed by atoms with van der Waals surface area (Å²) in [5.74, 6) is -0.667. The Labute approximate surface area is 103 Å². The number of methoxy groups -OCH3 is 2. The van der Waals surface area contributed by atoms with Crippen molar-refractivity contribution in [3.63, 3.8) is 0 Å². The summed E-state index contributed by atoms with van der Waals surface area (Å²) in [7, 11) is 2.49. The highest BCUT2D eigenvalue weighted by Gasteiger charge is 2.24. The molecule has 0 heterocycles. The molecule has 1 N–H and O–H groups in total. The Morgan fingerprint density at radius 1 is 1.38 bits per heavy atom. The zero-order valence-electron chi connectivity index (χ0n) is 9.14. The summed E-state index contributed by atoms with van der Waals surface area (Å²) < 4.78 is 9.00. The van der Waals surface area contributed by atoms with Crippen molar-refractivity contribution < 1.29 is 24.2 Å². The van der Waals surface area contributed by atoms with Crippen LogP contribution in [0.1, 0.15) is 6.42 Å². The topological polar surface area (TPSA) is 72.8 Å². The Balaban J connectivity index is 4.21. The molecule has 0 aliphatic heterocycles. The molecule has 2 atom stereocenters. The van der Waals surface area contributed by atoms with Crippen LogP contribution < -0.4 is 0 Å². The first-order valence-electron chi connectivity index (χ1n) is 4.55. The molecule has 0 amide bonds. The van der Waals surface area contributed by atoms with Gasteiger partial charge in [0.1, 0.15) is 5.25 Å². The molecule has 16 heavy (non-hydrogen) atoms. The minimum absolute atomic E-state index is 0.0805. The van der Waals surface area contributed by atoms with E-state index in [1.54, 1.807) is 0 Å². The van der Waals surface area contributed by atoms with E-state index in [0.717, 1.165) is 11.8 Å². The van der Waals surface area contributed by atoms with Crippen LogP contribution in [0.15, 0.2) is 0 Å². The van der Waals surface area contributed by atoms with Gasteiger partial charge in [-0.25, -0.2) is 0 Å². The molecule has 0 radical (unpaired) electrons. The number of aliphatic hydroxyl groups excluding tert-OH is 1. The monoisotopic (exact) mass is 270 g/mol. The fourth-order valence-electron chi connectivity index (χ4n) is 0.848. The van der Waals surface area contributed by atoms with E-state index in [-0.39, 0.29) is 18.1 Å². The van der Waals surface area contributed by atoms with Gasteiger partial charge in [0.05, 0.1) is 26.7 Å². The van der Waals surface area contributed by atoms with Crippen molar-refractivity contribution in [3.8, 4) is 0 Å². The van der Waals surface area contributed by atoms with Gasteiger partial charge in [-0.1, -0.05) is 0 Å². The number of esters is 2. The van der Waals surface area contributed by atoms with E-state index in [2.05, 4.69) is 9.47 Å². The lowest BCUT2D eigenvalue weighted by molar-refractivity contribution is -0.146. The number of halogens is 1. The maximum atomic E-state index is 11.3. The van der Waals surface area contributed by atoms with Crippen molar-refractivity contribution in [1.82, 2.24) is 0 Å². The number of thioether (sulfide) groups is 1. The zero-order chi connectivity index (χ0) is 12.6. The average Bonchev–Trinajstić information content (AvgIpc) is 2.32. The summed E-state index contributed by atoms with van der Waals surface area (Å²) >= 11 is 6.53. The lowest BCUT2D eigenvalue weighted by Gasteiger charge is -2.14. The minimum Gasteiger partial charge on any atom is -0.469 e. The SMILES string of the molecule is COC(=O)CC(SCC(O)CCl)C(=O)OC. The molecule has 0 aliphatic rings. The summed E-state index contributed by atoms with van der Waals surface area (Å²) in [5.41, 5.74) is 0. The Morgan fingerprint density at radius 3 is 2.44 bits per heavy atom. The van der Waals surface area contributed by atoms with E-state index in [1.165, 1.54) is 14.2 Å². The molecule has 5 nitrogen and oxygen atoms in total. The third-order valence-electron chi connectivity index (χ3n) is 1.71. The maximum absolute atomic E-state index is 11.3. The second-order valence-electron chi connectivity index (χ2n) is 2.93. The lowest BCUT2D eigenvalue weighted by Crippen LogP contribution is -2.25. The normalized spacial score (nSPS) is 14.0. The van der Waals surface area contributed by atoms with Crippen molar-refractivity contribution in [2.45, 2.75) is 17.8 Å². The summed E-state index contributed by atoms with van der Waals surface area (Å²) in [5, 5.41) is 8.56. The largest absolute Gasteiger partial charge is 0.469 e. The highest BCUT2D eigenvalue weighted by molar-refractivity contribution is 8.00. The smallest absolute Gasteiger partial charge is 0.319 e. The Bertz CT molecular complexity index is 236. The van der Waals surface area contributed by atoms with Gasteiger partial charge in [0.25, 0.3) is 0 Å². The molecular formula is C9H15ClO5S. The number of hydrogen-bond acceptors (Lipinski definition) is 6. The van der Waals surface area contributed by atoms with Crippen LogP contribution in [-0.2, 0) is 19.1 Å². The molecule has 0 aromatic rings. The van der Waals surface area contributed by atoms with E-state index in [0.29, 0.717) is 0 Å². The molecule has 0 bridgehead atoms. The first-order chi connectivity index (χ1) is 7.54. The highest BCUT2D eigenvalue weighted by atomic mass is 35.5. The molecule has 0 fully saturated rings. The number of carbonyl (C=O) groups is 2. The van der Waals surface area contributed by atoms with Crippen LogP contribution in [0.2, 0.25) is 0 Å². The molecule has 0 saturated carbocycles. The van der Waals surface area contributed by atoms with E-state index in [9.17, 15) is 14.7 Å². The van der Waals surface area contributed by atoms with E-state index in [1.807, 2.05) is 0 Å². The molecule has 0 saturated heterocycles. The van der Waals surface area contributed by atoms with Gasteiger partial charge in [0, 0.05) is 11.6 Å². The number of aliphatic hydroxyl groups is 1. The Kier molecular flexibility index (Phi) is 8.42. The van der Waals surface area contributed by atoms with Gasteiger partial charge in [0.2, 0.25) is 0 Å². The molecule has 0 aromatic heterocycles. The van der Waals surface area contributed by atoms with Gasteiger partial charge in [-0.15, -0.1) is 23.4 Å². The molecule has 0 rings (SSSR count). The van der Waals surface area contributed by atoms with E-state index >= 15 is 0 Å². The van der Waals surface area contributed by atoms with Crippen LogP contribution >= 0.6 is 23.4 Å². The van der Waals surface area contributed by atoms with Crippen molar-refractivity contribution in [3.05, 3.63) is 0 Å². The summed E-state index contributed by atoms with van der Waals surface area (Å²) in [6.45, 7) is 0. The predicted molar refractivity (Wildman–Crippen MR) is 61.6 cm³/mol. The van der Waals surface area contributed by atoms with Gasteiger partial charge in [-0.05, 0) is 0 Å². The fourth-order valence-corrected chi connectivity index (χ4v) is 2.15.